The van der Waals surface area contributed by atoms with Gasteiger partial charge in [-0.05, 0) is 13.3 Å². The molecule has 1 aromatic heterocycles. The van der Waals surface area contributed by atoms with E-state index >= 15 is 0 Å². The predicted octanol–water partition coefficient (Wildman–Crippen LogP) is 2.87. The first-order chi connectivity index (χ1) is 7.86. The van der Waals surface area contributed by atoms with Crippen molar-refractivity contribution in [2.45, 2.75) is 25.6 Å². The number of thiazole rings is 1. The van der Waals surface area contributed by atoms with Crippen LogP contribution in [0, 0.1) is 0 Å². The zero-order valence-electron chi connectivity index (χ0n) is 9.58. The Morgan fingerprint density at radius 2 is 2.12 bits per heavy atom. The number of ether oxygens (including phenoxy) is 2. The van der Waals surface area contributed by atoms with Crippen LogP contribution in [0.4, 0.5) is 0 Å². The highest BCUT2D eigenvalue weighted by Crippen LogP contribution is 2.13. The molecule has 0 N–H and O–H groups in total. The van der Waals surface area contributed by atoms with Gasteiger partial charge in [-0.15, -0.1) is 22.9 Å². The van der Waals surface area contributed by atoms with Crippen LogP contribution in [0.25, 0.3) is 0 Å². The van der Waals surface area contributed by atoms with Crippen molar-refractivity contribution >= 4 is 22.9 Å². The lowest BCUT2D eigenvalue weighted by Crippen LogP contribution is -2.05. The molecule has 0 aromatic carbocycles. The molecule has 0 aliphatic carbocycles. The summed E-state index contributed by atoms with van der Waals surface area (Å²) >= 11 is 7.35. The fourth-order valence-corrected chi connectivity index (χ4v) is 2.28. The largest absolute Gasteiger partial charge is 0.379 e. The molecule has 0 saturated heterocycles. The molecule has 0 radical (unpaired) electrons. The molecule has 1 heterocycles. The fraction of sp³-hybridized carbons (Fsp3) is 0.727. The molecular weight excluding hydrogens is 246 g/mol. The van der Waals surface area contributed by atoms with Gasteiger partial charge >= 0.3 is 0 Å². The zero-order valence-corrected chi connectivity index (χ0v) is 11.1. The second kappa shape index (κ2) is 8.93. The zero-order chi connectivity index (χ0) is 11.6. The van der Waals surface area contributed by atoms with Crippen molar-refractivity contribution in [2.24, 2.45) is 0 Å². The molecule has 0 saturated carbocycles. The molecule has 0 spiro atoms. The second-order valence-electron chi connectivity index (χ2n) is 3.28. The Bertz CT molecular complexity index is 281. The van der Waals surface area contributed by atoms with Crippen LogP contribution in [0.2, 0.25) is 0 Å². The van der Waals surface area contributed by atoms with Gasteiger partial charge in [0, 0.05) is 25.0 Å². The molecule has 0 unspecified atom stereocenters. The van der Waals surface area contributed by atoms with Crippen LogP contribution in [0.3, 0.4) is 0 Å². The van der Waals surface area contributed by atoms with Gasteiger partial charge in [-0.1, -0.05) is 0 Å². The predicted molar refractivity (Wildman–Crippen MR) is 67.3 cm³/mol. The van der Waals surface area contributed by atoms with E-state index in [1.54, 1.807) is 11.3 Å². The van der Waals surface area contributed by atoms with Gasteiger partial charge in [0.2, 0.25) is 0 Å². The third kappa shape index (κ3) is 5.80. The highest BCUT2D eigenvalue weighted by molar-refractivity contribution is 7.09. The summed E-state index contributed by atoms with van der Waals surface area (Å²) in [4.78, 5) is 4.38. The van der Waals surface area contributed by atoms with E-state index in [4.69, 9.17) is 21.1 Å². The average molecular weight is 264 g/mol. The van der Waals surface area contributed by atoms with Crippen molar-refractivity contribution in [3.8, 4) is 0 Å². The van der Waals surface area contributed by atoms with Gasteiger partial charge in [-0.3, -0.25) is 0 Å². The van der Waals surface area contributed by atoms with Crippen molar-refractivity contribution in [1.29, 1.82) is 0 Å². The van der Waals surface area contributed by atoms with Crippen LogP contribution >= 0.6 is 22.9 Å². The van der Waals surface area contributed by atoms with Crippen molar-refractivity contribution in [3.63, 3.8) is 0 Å². The van der Waals surface area contributed by atoms with Crippen molar-refractivity contribution in [3.05, 3.63) is 16.1 Å². The molecule has 16 heavy (non-hydrogen) atoms. The van der Waals surface area contributed by atoms with Gasteiger partial charge in [0.05, 0.1) is 29.8 Å². The van der Waals surface area contributed by atoms with E-state index in [2.05, 4.69) is 4.98 Å². The number of alkyl halides is 1. The Kier molecular flexibility index (Phi) is 7.76. The first-order valence-electron chi connectivity index (χ1n) is 5.51. The summed E-state index contributed by atoms with van der Waals surface area (Å²) in [5, 5.41) is 3.15. The van der Waals surface area contributed by atoms with Crippen molar-refractivity contribution in [2.75, 3.05) is 26.4 Å². The third-order valence-corrected chi connectivity index (χ3v) is 3.22. The van der Waals surface area contributed by atoms with Gasteiger partial charge in [0.15, 0.2) is 0 Å². The lowest BCUT2D eigenvalue weighted by molar-refractivity contribution is 0.0520. The maximum atomic E-state index is 5.68. The number of aromatic nitrogens is 1. The summed E-state index contributed by atoms with van der Waals surface area (Å²) < 4.78 is 10.6. The summed E-state index contributed by atoms with van der Waals surface area (Å²) in [7, 11) is 0. The molecule has 0 amide bonds. The van der Waals surface area contributed by atoms with Crippen molar-refractivity contribution in [1.82, 2.24) is 4.98 Å². The van der Waals surface area contributed by atoms with Crippen LogP contribution in [0.15, 0.2) is 5.38 Å². The lowest BCUT2D eigenvalue weighted by Gasteiger charge is -2.03. The van der Waals surface area contributed by atoms with Crippen LogP contribution in [-0.4, -0.2) is 31.4 Å². The molecule has 1 rings (SSSR count). The molecule has 3 nitrogen and oxygen atoms in total. The highest BCUT2D eigenvalue weighted by Gasteiger charge is 2.00. The van der Waals surface area contributed by atoms with E-state index in [1.807, 2.05) is 12.3 Å². The number of hydrogen-bond acceptors (Lipinski definition) is 4. The smallest absolute Gasteiger partial charge is 0.0929 e. The monoisotopic (exact) mass is 263 g/mol. The molecular formula is C11H18ClNO2S. The van der Waals surface area contributed by atoms with E-state index in [-0.39, 0.29) is 0 Å². The second-order valence-corrected chi connectivity index (χ2v) is 4.49. The maximum absolute atomic E-state index is 5.68. The molecule has 0 bridgehead atoms. The number of nitrogens with zero attached hydrogens (tertiary/aromatic N) is 1. The minimum Gasteiger partial charge on any atom is -0.379 e. The summed E-state index contributed by atoms with van der Waals surface area (Å²) in [6.45, 7) is 4.87. The van der Waals surface area contributed by atoms with Crippen LogP contribution in [0.1, 0.15) is 24.0 Å². The molecule has 5 heteroatoms. The molecule has 0 atom stereocenters. The number of aryl methyl sites for hydroxylation is 1. The first-order valence-corrected chi connectivity index (χ1v) is 6.93. The van der Waals surface area contributed by atoms with E-state index in [0.29, 0.717) is 19.1 Å². The number of hydrogen-bond donors (Lipinski definition) is 0. The highest BCUT2D eigenvalue weighted by atomic mass is 35.5. The normalized spacial score (nSPS) is 10.9. The third-order valence-electron chi connectivity index (χ3n) is 1.99. The Morgan fingerprint density at radius 1 is 1.31 bits per heavy atom. The molecule has 0 aliphatic rings. The standard InChI is InChI=1S/C11H18ClNO2S/c1-2-14-6-7-15-5-3-4-11-13-10(8-12)9-16-11/h9H,2-8H2,1H3. The summed E-state index contributed by atoms with van der Waals surface area (Å²) in [5.41, 5.74) is 0.971. The van der Waals surface area contributed by atoms with Crippen LogP contribution in [-0.2, 0) is 21.8 Å². The summed E-state index contributed by atoms with van der Waals surface area (Å²) in [5.74, 6) is 0.501. The van der Waals surface area contributed by atoms with E-state index in [9.17, 15) is 0 Å². The van der Waals surface area contributed by atoms with E-state index in [1.165, 1.54) is 0 Å². The SMILES string of the molecule is CCOCCOCCCc1nc(CCl)cs1. The number of halogens is 1. The van der Waals surface area contributed by atoms with Gasteiger partial charge in [0.25, 0.3) is 0 Å². The fourth-order valence-electron chi connectivity index (χ4n) is 1.21. The Hall–Kier alpha value is -0.160. The van der Waals surface area contributed by atoms with Gasteiger partial charge in [0.1, 0.15) is 0 Å². The molecule has 0 fully saturated rings. The van der Waals surface area contributed by atoms with Crippen LogP contribution < -0.4 is 0 Å². The van der Waals surface area contributed by atoms with Crippen molar-refractivity contribution < 1.29 is 9.47 Å². The minimum atomic E-state index is 0.501. The van der Waals surface area contributed by atoms with Gasteiger partial charge < -0.3 is 9.47 Å². The molecule has 92 valence electrons. The quantitative estimate of drug-likeness (QED) is 0.507. The topological polar surface area (TPSA) is 31.4 Å². The van der Waals surface area contributed by atoms with Crippen LogP contribution in [0.5, 0.6) is 0 Å². The van der Waals surface area contributed by atoms with Gasteiger partial charge in [-0.25, -0.2) is 4.98 Å². The number of rotatable bonds is 9. The average Bonchev–Trinajstić information content (AvgIpc) is 2.76. The lowest BCUT2D eigenvalue weighted by atomic mass is 10.3. The maximum Gasteiger partial charge on any atom is 0.0929 e. The van der Waals surface area contributed by atoms with E-state index < -0.39 is 0 Å². The Labute approximate surface area is 106 Å². The van der Waals surface area contributed by atoms with Gasteiger partial charge in [-0.2, -0.15) is 0 Å². The first kappa shape index (κ1) is 13.9. The Balaban J connectivity index is 1.98. The summed E-state index contributed by atoms with van der Waals surface area (Å²) in [6, 6.07) is 0. The summed E-state index contributed by atoms with van der Waals surface area (Å²) in [6.07, 6.45) is 1.97. The van der Waals surface area contributed by atoms with E-state index in [0.717, 1.165) is 36.8 Å². The Morgan fingerprint density at radius 3 is 2.81 bits per heavy atom. The minimum absolute atomic E-state index is 0.501. The molecule has 1 aromatic rings. The molecule has 0 aliphatic heterocycles.